The first-order valence-electron chi connectivity index (χ1n) is 6.45. The molecule has 0 N–H and O–H groups in total. The Hall–Kier alpha value is -0.610. The predicted molar refractivity (Wildman–Crippen MR) is 78.5 cm³/mol. The van der Waals surface area contributed by atoms with E-state index >= 15 is 0 Å². The van der Waals surface area contributed by atoms with Crippen molar-refractivity contribution in [2.24, 2.45) is 0 Å². The lowest BCUT2D eigenvalue weighted by molar-refractivity contribution is 0.0702. The number of hydrogen-bond acceptors (Lipinski definition) is 1. The van der Waals surface area contributed by atoms with Gasteiger partial charge in [-0.1, -0.05) is 40.4 Å². The lowest BCUT2D eigenvalue weighted by Crippen LogP contribution is -2.41. The van der Waals surface area contributed by atoms with E-state index in [4.69, 9.17) is 11.6 Å². The topological polar surface area (TPSA) is 20.3 Å². The molecular weight excluding hydrogens is 333 g/mol. The summed E-state index contributed by atoms with van der Waals surface area (Å²) in [5.41, 5.74) is 0.370. The van der Waals surface area contributed by atoms with Gasteiger partial charge in [-0.3, -0.25) is 4.79 Å². The molecule has 1 fully saturated rings. The maximum Gasteiger partial charge on any atom is 0.254 e. The fourth-order valence-electron chi connectivity index (χ4n) is 2.40. The van der Waals surface area contributed by atoms with Gasteiger partial charge >= 0.3 is 0 Å². The number of likely N-dealkylation sites (tertiary alicyclic amines) is 1. The van der Waals surface area contributed by atoms with Crippen LogP contribution in [-0.4, -0.2) is 28.7 Å². The quantitative estimate of drug-likeness (QED) is 0.731. The molecule has 0 aliphatic carbocycles. The maximum absolute atomic E-state index is 13.5. The molecule has 0 saturated carbocycles. The van der Waals surface area contributed by atoms with Crippen LogP contribution in [-0.2, 0) is 0 Å². The number of nitrogens with zero attached hydrogens (tertiary/aromatic N) is 1. The molecular formula is C14H16BrClFNO. The van der Waals surface area contributed by atoms with Gasteiger partial charge in [-0.2, -0.15) is 0 Å². The van der Waals surface area contributed by atoms with Crippen LogP contribution in [0, 0.1) is 5.82 Å². The van der Waals surface area contributed by atoms with Crippen LogP contribution in [0.5, 0.6) is 0 Å². The van der Waals surface area contributed by atoms with Crippen molar-refractivity contribution in [3.05, 3.63) is 34.6 Å². The molecule has 19 heavy (non-hydrogen) atoms. The monoisotopic (exact) mass is 347 g/mol. The molecule has 1 amide bonds. The van der Waals surface area contributed by atoms with Crippen molar-refractivity contribution in [1.29, 1.82) is 0 Å². The van der Waals surface area contributed by atoms with Gasteiger partial charge in [-0.25, -0.2) is 4.39 Å². The second kappa shape index (κ2) is 6.71. The SMILES string of the molecule is O=C(c1ccc(Cl)c(F)c1)N1CCCCCC1CBr. The molecule has 1 aliphatic rings. The van der Waals surface area contributed by atoms with Crippen molar-refractivity contribution in [3.63, 3.8) is 0 Å². The van der Waals surface area contributed by atoms with Crippen molar-refractivity contribution in [2.75, 3.05) is 11.9 Å². The Morgan fingerprint density at radius 3 is 2.89 bits per heavy atom. The number of amides is 1. The Bertz CT molecular complexity index is 469. The van der Waals surface area contributed by atoms with Crippen molar-refractivity contribution >= 4 is 33.4 Å². The van der Waals surface area contributed by atoms with Crippen LogP contribution in [0.25, 0.3) is 0 Å². The molecule has 1 unspecified atom stereocenters. The predicted octanol–water partition coefficient (Wildman–Crippen LogP) is 4.26. The van der Waals surface area contributed by atoms with Crippen LogP contribution in [0.1, 0.15) is 36.0 Å². The second-order valence-corrected chi connectivity index (χ2v) is 5.84. The minimum atomic E-state index is -0.544. The van der Waals surface area contributed by atoms with E-state index in [9.17, 15) is 9.18 Å². The third-order valence-corrected chi connectivity index (χ3v) is 4.54. The average Bonchev–Trinajstić information content (AvgIpc) is 2.66. The zero-order valence-corrected chi connectivity index (χ0v) is 12.9. The summed E-state index contributed by atoms with van der Waals surface area (Å²) in [6.07, 6.45) is 4.27. The first kappa shape index (κ1) is 14.8. The Morgan fingerprint density at radius 2 is 2.21 bits per heavy atom. The molecule has 104 valence electrons. The first-order chi connectivity index (χ1) is 9.13. The average molecular weight is 349 g/mol. The van der Waals surface area contributed by atoms with Gasteiger partial charge in [0.1, 0.15) is 5.82 Å². The van der Waals surface area contributed by atoms with Gasteiger partial charge in [-0.15, -0.1) is 0 Å². The summed E-state index contributed by atoms with van der Waals surface area (Å²) in [5, 5.41) is 0.805. The summed E-state index contributed by atoms with van der Waals surface area (Å²) in [4.78, 5) is 14.3. The summed E-state index contributed by atoms with van der Waals surface area (Å²) < 4.78 is 13.5. The van der Waals surface area contributed by atoms with E-state index < -0.39 is 5.82 Å². The molecule has 1 atom stereocenters. The second-order valence-electron chi connectivity index (χ2n) is 4.78. The zero-order valence-electron chi connectivity index (χ0n) is 10.5. The summed E-state index contributed by atoms with van der Waals surface area (Å²) in [6.45, 7) is 0.735. The summed E-state index contributed by atoms with van der Waals surface area (Å²) in [7, 11) is 0. The third kappa shape index (κ3) is 3.48. The summed E-state index contributed by atoms with van der Waals surface area (Å²) in [5.74, 6) is -0.653. The molecule has 0 bridgehead atoms. The number of alkyl halides is 1. The highest BCUT2D eigenvalue weighted by Crippen LogP contribution is 2.22. The Kier molecular flexibility index (Phi) is 5.22. The van der Waals surface area contributed by atoms with Gasteiger partial charge < -0.3 is 4.90 Å². The molecule has 1 heterocycles. The van der Waals surface area contributed by atoms with Crippen LogP contribution in [0.15, 0.2) is 18.2 Å². The van der Waals surface area contributed by atoms with E-state index in [1.165, 1.54) is 12.1 Å². The van der Waals surface area contributed by atoms with Gasteiger partial charge in [0.15, 0.2) is 0 Å². The van der Waals surface area contributed by atoms with E-state index in [1.807, 2.05) is 4.90 Å². The maximum atomic E-state index is 13.5. The summed E-state index contributed by atoms with van der Waals surface area (Å²) in [6, 6.07) is 4.43. The van der Waals surface area contributed by atoms with Gasteiger partial charge in [0.25, 0.3) is 5.91 Å². The number of halogens is 3. The molecule has 1 aliphatic heterocycles. The van der Waals surface area contributed by atoms with Crippen LogP contribution in [0.2, 0.25) is 5.02 Å². The van der Waals surface area contributed by atoms with Gasteiger partial charge in [0.2, 0.25) is 0 Å². The van der Waals surface area contributed by atoms with Gasteiger partial charge in [0, 0.05) is 23.5 Å². The normalized spacial score (nSPS) is 20.2. The smallest absolute Gasteiger partial charge is 0.254 e. The molecule has 2 nitrogen and oxygen atoms in total. The highest BCUT2D eigenvalue weighted by molar-refractivity contribution is 9.09. The molecule has 0 radical (unpaired) electrons. The minimum absolute atomic E-state index is 0.0458. The largest absolute Gasteiger partial charge is 0.335 e. The van der Waals surface area contributed by atoms with Crippen molar-refractivity contribution in [1.82, 2.24) is 4.90 Å². The number of benzene rings is 1. The van der Waals surface area contributed by atoms with Crippen molar-refractivity contribution in [3.8, 4) is 0 Å². The summed E-state index contributed by atoms with van der Waals surface area (Å²) >= 11 is 9.11. The van der Waals surface area contributed by atoms with E-state index in [2.05, 4.69) is 15.9 Å². The Balaban J connectivity index is 2.22. The number of rotatable bonds is 2. The van der Waals surface area contributed by atoms with Crippen LogP contribution >= 0.6 is 27.5 Å². The Morgan fingerprint density at radius 1 is 1.42 bits per heavy atom. The van der Waals surface area contributed by atoms with E-state index in [-0.39, 0.29) is 17.0 Å². The number of hydrogen-bond donors (Lipinski definition) is 0. The molecule has 0 aromatic heterocycles. The number of carbonyl (C=O) groups is 1. The van der Waals surface area contributed by atoms with E-state index in [0.29, 0.717) is 5.56 Å². The minimum Gasteiger partial charge on any atom is -0.335 e. The Labute approximate surface area is 126 Å². The zero-order chi connectivity index (χ0) is 13.8. The molecule has 0 spiro atoms. The number of carbonyl (C=O) groups excluding carboxylic acids is 1. The van der Waals surface area contributed by atoms with Crippen molar-refractivity contribution < 1.29 is 9.18 Å². The van der Waals surface area contributed by atoms with Crippen molar-refractivity contribution in [2.45, 2.75) is 31.7 Å². The van der Waals surface area contributed by atoms with Crippen LogP contribution in [0.3, 0.4) is 0 Å². The van der Waals surface area contributed by atoms with Crippen LogP contribution in [0.4, 0.5) is 4.39 Å². The van der Waals surface area contributed by atoms with Gasteiger partial charge in [-0.05, 0) is 31.0 Å². The van der Waals surface area contributed by atoms with E-state index in [1.54, 1.807) is 6.07 Å². The fourth-order valence-corrected chi connectivity index (χ4v) is 3.19. The van der Waals surface area contributed by atoms with Gasteiger partial charge in [0.05, 0.1) is 5.02 Å². The van der Waals surface area contributed by atoms with E-state index in [0.717, 1.165) is 37.6 Å². The lowest BCUT2D eigenvalue weighted by atomic mass is 10.1. The van der Waals surface area contributed by atoms with Crippen LogP contribution < -0.4 is 0 Å². The highest BCUT2D eigenvalue weighted by atomic mass is 79.9. The molecule has 1 saturated heterocycles. The third-order valence-electron chi connectivity index (χ3n) is 3.48. The molecule has 1 aromatic carbocycles. The lowest BCUT2D eigenvalue weighted by Gasteiger charge is -2.28. The molecule has 5 heteroatoms. The first-order valence-corrected chi connectivity index (χ1v) is 7.95. The highest BCUT2D eigenvalue weighted by Gasteiger charge is 2.25. The molecule has 2 rings (SSSR count). The fraction of sp³-hybridized carbons (Fsp3) is 0.500. The molecule has 1 aromatic rings. The standard InChI is InChI=1S/C14H16BrClFNO/c15-9-11-4-2-1-3-7-18(11)14(19)10-5-6-12(16)13(17)8-10/h5-6,8,11H,1-4,7,9H2.